The fraction of sp³-hybridized carbons (Fsp3) is 0.385. The van der Waals surface area contributed by atoms with Crippen LogP contribution < -0.4 is 4.90 Å². The van der Waals surface area contributed by atoms with Gasteiger partial charge in [0, 0.05) is 25.0 Å². The molecule has 3 heterocycles. The Morgan fingerprint density at radius 1 is 1.11 bits per heavy atom. The van der Waals surface area contributed by atoms with E-state index >= 15 is 0 Å². The van der Waals surface area contributed by atoms with Crippen LogP contribution in [0, 0.1) is 0 Å². The van der Waals surface area contributed by atoms with E-state index in [4.69, 9.17) is 11.6 Å². The van der Waals surface area contributed by atoms with Crippen LogP contribution in [0.5, 0.6) is 0 Å². The summed E-state index contributed by atoms with van der Waals surface area (Å²) in [5.41, 5.74) is 0.928. The summed E-state index contributed by atoms with van der Waals surface area (Å²) < 4.78 is 0. The van der Waals surface area contributed by atoms with Crippen LogP contribution in [0.4, 0.5) is 5.95 Å². The van der Waals surface area contributed by atoms with E-state index in [1.165, 1.54) is 12.8 Å². The van der Waals surface area contributed by atoms with E-state index in [2.05, 4.69) is 24.8 Å². The molecule has 0 bridgehead atoms. The minimum Gasteiger partial charge on any atom is -0.341 e. The van der Waals surface area contributed by atoms with Crippen LogP contribution in [0.1, 0.15) is 24.4 Å². The number of rotatable bonds is 3. The Labute approximate surface area is 116 Å². The highest BCUT2D eigenvalue weighted by atomic mass is 35.5. The normalized spacial score (nSPS) is 14.9. The lowest BCUT2D eigenvalue weighted by molar-refractivity contribution is 0.835. The number of hydrogen-bond acceptors (Lipinski definition) is 5. The van der Waals surface area contributed by atoms with Crippen molar-refractivity contribution in [3.8, 4) is 0 Å². The largest absolute Gasteiger partial charge is 0.341 e. The van der Waals surface area contributed by atoms with Crippen molar-refractivity contribution in [1.82, 2.24) is 19.9 Å². The zero-order valence-electron chi connectivity index (χ0n) is 10.5. The minimum absolute atomic E-state index is 0.253. The molecule has 5 nitrogen and oxygen atoms in total. The molecule has 0 amide bonds. The van der Waals surface area contributed by atoms with Gasteiger partial charge in [0.1, 0.15) is 5.82 Å². The zero-order valence-corrected chi connectivity index (χ0v) is 11.2. The van der Waals surface area contributed by atoms with E-state index in [1.807, 2.05) is 18.2 Å². The van der Waals surface area contributed by atoms with Gasteiger partial charge in [-0.05, 0) is 36.6 Å². The van der Waals surface area contributed by atoms with Crippen LogP contribution in [0.2, 0.25) is 5.28 Å². The third kappa shape index (κ3) is 2.98. The van der Waals surface area contributed by atoms with Crippen molar-refractivity contribution in [3.05, 3.63) is 41.2 Å². The van der Waals surface area contributed by atoms with Crippen LogP contribution in [0.3, 0.4) is 0 Å². The first kappa shape index (κ1) is 12.3. The number of anilines is 1. The lowest BCUT2D eigenvalue weighted by Crippen LogP contribution is -2.21. The Balaban J connectivity index is 1.85. The summed E-state index contributed by atoms with van der Waals surface area (Å²) in [4.78, 5) is 19.3. The van der Waals surface area contributed by atoms with Crippen LogP contribution in [-0.4, -0.2) is 33.0 Å². The predicted octanol–water partition coefficient (Wildman–Crippen LogP) is 2.11. The second-order valence-corrected chi connectivity index (χ2v) is 4.85. The highest BCUT2D eigenvalue weighted by Gasteiger charge is 2.17. The maximum absolute atomic E-state index is 5.99. The summed E-state index contributed by atoms with van der Waals surface area (Å²) >= 11 is 5.99. The first-order valence-corrected chi connectivity index (χ1v) is 6.74. The second kappa shape index (κ2) is 5.48. The quantitative estimate of drug-likeness (QED) is 0.859. The number of hydrogen-bond donors (Lipinski definition) is 0. The van der Waals surface area contributed by atoms with Crippen molar-refractivity contribution in [1.29, 1.82) is 0 Å². The van der Waals surface area contributed by atoms with E-state index < -0.39 is 0 Å². The zero-order chi connectivity index (χ0) is 13.1. The summed E-state index contributed by atoms with van der Waals surface area (Å²) in [6.07, 6.45) is 4.70. The summed E-state index contributed by atoms with van der Waals surface area (Å²) in [6, 6.07) is 5.79. The molecule has 3 rings (SSSR count). The van der Waals surface area contributed by atoms with Gasteiger partial charge in [-0.1, -0.05) is 6.07 Å². The first-order chi connectivity index (χ1) is 9.31. The average molecular weight is 276 g/mol. The number of pyridine rings is 1. The van der Waals surface area contributed by atoms with E-state index in [-0.39, 0.29) is 5.28 Å². The Bertz CT molecular complexity index is 554. The molecule has 0 atom stereocenters. The molecule has 0 saturated carbocycles. The molecule has 2 aromatic rings. The van der Waals surface area contributed by atoms with E-state index in [0.29, 0.717) is 18.2 Å². The van der Waals surface area contributed by atoms with Gasteiger partial charge in [-0.3, -0.25) is 4.98 Å². The van der Waals surface area contributed by atoms with E-state index in [0.717, 1.165) is 18.8 Å². The molecule has 0 aliphatic carbocycles. The molecule has 2 aromatic heterocycles. The average Bonchev–Trinajstić information content (AvgIpc) is 2.93. The van der Waals surface area contributed by atoms with Gasteiger partial charge in [-0.2, -0.15) is 9.97 Å². The fourth-order valence-electron chi connectivity index (χ4n) is 2.18. The molecule has 0 N–H and O–H groups in total. The minimum atomic E-state index is 0.253. The van der Waals surface area contributed by atoms with Crippen molar-refractivity contribution in [3.63, 3.8) is 0 Å². The first-order valence-electron chi connectivity index (χ1n) is 6.36. The van der Waals surface area contributed by atoms with Crippen molar-refractivity contribution < 1.29 is 0 Å². The van der Waals surface area contributed by atoms with Gasteiger partial charge in [0.2, 0.25) is 11.2 Å². The second-order valence-electron chi connectivity index (χ2n) is 4.51. The smallest absolute Gasteiger partial charge is 0.229 e. The molecule has 6 heteroatoms. The maximum atomic E-state index is 5.99. The molecule has 19 heavy (non-hydrogen) atoms. The Morgan fingerprint density at radius 3 is 2.68 bits per heavy atom. The van der Waals surface area contributed by atoms with E-state index in [9.17, 15) is 0 Å². The lowest BCUT2D eigenvalue weighted by atomic mass is 10.2. The molecule has 0 radical (unpaired) electrons. The van der Waals surface area contributed by atoms with E-state index in [1.54, 1.807) is 6.20 Å². The third-order valence-corrected chi connectivity index (χ3v) is 3.27. The van der Waals surface area contributed by atoms with Crippen molar-refractivity contribution in [2.75, 3.05) is 18.0 Å². The van der Waals surface area contributed by atoms with Gasteiger partial charge in [-0.25, -0.2) is 4.98 Å². The van der Waals surface area contributed by atoms with Crippen LogP contribution >= 0.6 is 11.6 Å². The molecule has 0 spiro atoms. The lowest BCUT2D eigenvalue weighted by Gasteiger charge is -2.15. The standard InChI is InChI=1S/C13H14ClN5/c14-12-16-11(9-10-5-1-2-6-15-10)17-13(18-12)19-7-3-4-8-19/h1-2,5-6H,3-4,7-9H2. The van der Waals surface area contributed by atoms with Gasteiger partial charge >= 0.3 is 0 Å². The van der Waals surface area contributed by atoms with Crippen LogP contribution in [0.15, 0.2) is 24.4 Å². The topological polar surface area (TPSA) is 54.8 Å². The van der Waals surface area contributed by atoms with Gasteiger partial charge in [0.15, 0.2) is 0 Å². The van der Waals surface area contributed by atoms with Gasteiger partial charge in [0.05, 0.1) is 6.42 Å². The highest BCUT2D eigenvalue weighted by molar-refractivity contribution is 6.28. The molecule has 1 fully saturated rings. The van der Waals surface area contributed by atoms with Crippen molar-refractivity contribution >= 4 is 17.5 Å². The number of aromatic nitrogens is 4. The maximum Gasteiger partial charge on any atom is 0.229 e. The molecule has 98 valence electrons. The van der Waals surface area contributed by atoms with Gasteiger partial charge in [-0.15, -0.1) is 0 Å². The predicted molar refractivity (Wildman–Crippen MR) is 73.3 cm³/mol. The molecule has 1 aliphatic heterocycles. The Kier molecular flexibility index (Phi) is 3.55. The van der Waals surface area contributed by atoms with Crippen molar-refractivity contribution in [2.24, 2.45) is 0 Å². The number of halogens is 1. The highest BCUT2D eigenvalue weighted by Crippen LogP contribution is 2.17. The summed E-state index contributed by atoms with van der Waals surface area (Å²) in [5, 5.41) is 0.253. The summed E-state index contributed by atoms with van der Waals surface area (Å²) in [7, 11) is 0. The molecular formula is C13H14ClN5. The fourth-order valence-corrected chi connectivity index (χ4v) is 2.35. The van der Waals surface area contributed by atoms with Crippen LogP contribution in [0.25, 0.3) is 0 Å². The molecule has 0 aromatic carbocycles. The number of nitrogens with zero attached hydrogens (tertiary/aromatic N) is 5. The van der Waals surface area contributed by atoms with Gasteiger partial charge < -0.3 is 4.90 Å². The SMILES string of the molecule is Clc1nc(Cc2ccccn2)nc(N2CCCC2)n1. The molecule has 0 unspecified atom stereocenters. The van der Waals surface area contributed by atoms with Crippen LogP contribution in [-0.2, 0) is 6.42 Å². The van der Waals surface area contributed by atoms with Gasteiger partial charge in [0.25, 0.3) is 0 Å². The molecule has 1 aliphatic rings. The summed E-state index contributed by atoms with van der Waals surface area (Å²) in [5.74, 6) is 1.35. The van der Waals surface area contributed by atoms with Crippen molar-refractivity contribution in [2.45, 2.75) is 19.3 Å². The molecule has 1 saturated heterocycles. The third-order valence-electron chi connectivity index (χ3n) is 3.10. The Morgan fingerprint density at radius 2 is 1.95 bits per heavy atom. The molecular weight excluding hydrogens is 262 g/mol. The monoisotopic (exact) mass is 275 g/mol. The Hall–Kier alpha value is -1.75. The summed E-state index contributed by atoms with van der Waals surface area (Å²) in [6.45, 7) is 1.98.